The van der Waals surface area contributed by atoms with Gasteiger partial charge in [0.25, 0.3) is 5.91 Å². The second-order valence-electron chi connectivity index (χ2n) is 6.70. The maximum Gasteiger partial charge on any atom is 0.269 e. The van der Waals surface area contributed by atoms with Crippen LogP contribution in [-0.4, -0.2) is 33.4 Å². The van der Waals surface area contributed by atoms with E-state index in [1.807, 2.05) is 12.1 Å². The van der Waals surface area contributed by atoms with Crippen LogP contribution in [0.4, 0.5) is 0 Å². The summed E-state index contributed by atoms with van der Waals surface area (Å²) in [6.45, 7) is 11.5. The minimum atomic E-state index is -1.79. The number of likely N-dealkylation sites (N-methyl/N-ethyl adjacent to an activating group) is 1. The van der Waals surface area contributed by atoms with Gasteiger partial charge < -0.3 is 8.84 Å². The highest BCUT2D eigenvalue weighted by Gasteiger charge is 2.37. The molecule has 0 aliphatic rings. The van der Waals surface area contributed by atoms with E-state index in [2.05, 4.69) is 33.9 Å². The van der Waals surface area contributed by atoms with Crippen molar-refractivity contribution in [1.82, 2.24) is 5.06 Å². The number of furan rings is 1. The van der Waals surface area contributed by atoms with Crippen LogP contribution < -0.4 is 0 Å². The number of rotatable bonds is 6. The third kappa shape index (κ3) is 5.12. The van der Waals surface area contributed by atoms with E-state index in [9.17, 15) is 4.79 Å². The number of carbonyl (C=O) groups is 1. The summed E-state index contributed by atoms with van der Waals surface area (Å²) in [5.74, 6) is 1.13. The maximum absolute atomic E-state index is 11.6. The molecule has 0 unspecified atom stereocenters. The van der Waals surface area contributed by atoms with Crippen molar-refractivity contribution >= 4 is 20.3 Å². The van der Waals surface area contributed by atoms with Crippen LogP contribution in [0.1, 0.15) is 32.3 Å². The Labute approximate surface area is 134 Å². The van der Waals surface area contributed by atoms with Crippen LogP contribution in [0, 0.1) is 0 Å². The summed E-state index contributed by atoms with van der Waals surface area (Å²) in [6, 6.07) is 3.69. The van der Waals surface area contributed by atoms with E-state index in [0.717, 1.165) is 10.8 Å². The van der Waals surface area contributed by atoms with Crippen LogP contribution in [0.15, 0.2) is 22.6 Å². The molecule has 5 nitrogen and oxygen atoms in total. The van der Waals surface area contributed by atoms with E-state index in [0.29, 0.717) is 12.4 Å². The Morgan fingerprint density at radius 3 is 2.55 bits per heavy atom. The Bertz CT molecular complexity index is 528. The first kappa shape index (κ1) is 18.7. The molecule has 0 saturated carbocycles. The molecule has 0 fully saturated rings. The molecule has 1 rings (SSSR count). The molecule has 0 radical (unpaired) electrons. The first-order chi connectivity index (χ1) is 10.1. The summed E-state index contributed by atoms with van der Waals surface area (Å²) in [6.07, 6.45) is 3.02. The average molecular weight is 325 g/mol. The number of amides is 1. The quantitative estimate of drug-likeness (QED) is 0.453. The number of hydroxylamine groups is 2. The highest BCUT2D eigenvalue weighted by molar-refractivity contribution is 6.74. The molecular formula is C16H27NO4Si. The Morgan fingerprint density at radius 1 is 1.36 bits per heavy atom. The van der Waals surface area contributed by atoms with Gasteiger partial charge in [-0.1, -0.05) is 20.8 Å². The molecule has 22 heavy (non-hydrogen) atoms. The van der Waals surface area contributed by atoms with Crippen molar-refractivity contribution in [2.24, 2.45) is 0 Å². The highest BCUT2D eigenvalue weighted by atomic mass is 28.4. The van der Waals surface area contributed by atoms with Crippen LogP contribution in [-0.2, 0) is 20.7 Å². The fourth-order valence-electron chi connectivity index (χ4n) is 1.38. The van der Waals surface area contributed by atoms with Gasteiger partial charge in [-0.2, -0.15) is 0 Å². The normalized spacial score (nSPS) is 12.9. The number of nitrogens with zero attached hydrogens (tertiary/aromatic N) is 1. The fraction of sp³-hybridized carbons (Fsp3) is 0.562. The zero-order valence-electron chi connectivity index (χ0n) is 14.6. The largest absolute Gasteiger partial charge is 0.459 e. The maximum atomic E-state index is 11.6. The average Bonchev–Trinajstić information content (AvgIpc) is 2.88. The van der Waals surface area contributed by atoms with Crippen LogP contribution in [0.3, 0.4) is 0 Å². The molecule has 0 bridgehead atoms. The van der Waals surface area contributed by atoms with Gasteiger partial charge in [-0.05, 0) is 36.3 Å². The smallest absolute Gasteiger partial charge is 0.269 e. The van der Waals surface area contributed by atoms with Gasteiger partial charge in [0.1, 0.15) is 11.5 Å². The summed E-state index contributed by atoms with van der Waals surface area (Å²) < 4.78 is 11.8. The van der Waals surface area contributed by atoms with Crippen molar-refractivity contribution in [1.29, 1.82) is 0 Å². The summed E-state index contributed by atoms with van der Waals surface area (Å²) >= 11 is 0. The van der Waals surface area contributed by atoms with Gasteiger partial charge in [-0.25, -0.2) is 5.06 Å². The Morgan fingerprint density at radius 2 is 2.00 bits per heavy atom. The van der Waals surface area contributed by atoms with Crippen LogP contribution in [0.2, 0.25) is 18.1 Å². The van der Waals surface area contributed by atoms with Crippen molar-refractivity contribution < 1.29 is 18.5 Å². The van der Waals surface area contributed by atoms with Crippen LogP contribution in [0.25, 0.3) is 6.08 Å². The number of hydrogen-bond donors (Lipinski definition) is 0. The standard InChI is InChI=1S/C16H27NO4Si/c1-16(2,3)22(6,7)20-12-14-9-8-13(21-14)10-11-15(18)17(4)19-5/h8-11H,12H2,1-7H3/b11-10+. The monoisotopic (exact) mass is 325 g/mol. The van der Waals surface area contributed by atoms with Crippen molar-refractivity contribution in [2.45, 2.75) is 45.5 Å². The molecule has 0 aliphatic carbocycles. The fourth-order valence-corrected chi connectivity index (χ4v) is 2.31. The predicted octanol–water partition coefficient (Wildman–Crippen LogP) is 3.83. The molecule has 1 heterocycles. The molecule has 6 heteroatoms. The van der Waals surface area contributed by atoms with Crippen molar-refractivity contribution in [3.8, 4) is 0 Å². The highest BCUT2D eigenvalue weighted by Crippen LogP contribution is 2.37. The predicted molar refractivity (Wildman–Crippen MR) is 89.5 cm³/mol. The zero-order chi connectivity index (χ0) is 17.0. The first-order valence-electron chi connectivity index (χ1n) is 7.29. The van der Waals surface area contributed by atoms with E-state index >= 15 is 0 Å². The summed E-state index contributed by atoms with van der Waals surface area (Å²) in [5.41, 5.74) is 0. The second kappa shape index (κ2) is 7.26. The topological polar surface area (TPSA) is 51.9 Å². The molecule has 0 N–H and O–H groups in total. The molecule has 124 valence electrons. The summed E-state index contributed by atoms with van der Waals surface area (Å²) in [4.78, 5) is 16.4. The SMILES string of the molecule is CON(C)C(=O)/C=C/c1ccc(CO[Si](C)(C)C(C)(C)C)o1. The lowest BCUT2D eigenvalue weighted by Crippen LogP contribution is -2.40. The molecule has 0 spiro atoms. The van der Waals surface area contributed by atoms with E-state index in [-0.39, 0.29) is 10.9 Å². The minimum Gasteiger partial charge on any atom is -0.459 e. The first-order valence-corrected chi connectivity index (χ1v) is 10.2. The Hall–Kier alpha value is -1.37. The van der Waals surface area contributed by atoms with Crippen molar-refractivity contribution in [3.63, 3.8) is 0 Å². The molecular weight excluding hydrogens is 298 g/mol. The Kier molecular flexibility index (Phi) is 6.16. The molecule has 0 aliphatic heterocycles. The summed E-state index contributed by atoms with van der Waals surface area (Å²) in [5, 5.41) is 1.31. The lowest BCUT2D eigenvalue weighted by Gasteiger charge is -2.35. The molecule has 1 amide bonds. The molecule has 0 saturated heterocycles. The number of carbonyl (C=O) groups excluding carboxylic acids is 1. The van der Waals surface area contributed by atoms with Gasteiger partial charge in [-0.3, -0.25) is 9.63 Å². The van der Waals surface area contributed by atoms with Crippen molar-refractivity contribution in [2.75, 3.05) is 14.2 Å². The number of hydrogen-bond acceptors (Lipinski definition) is 4. The molecule has 1 aromatic heterocycles. The summed E-state index contributed by atoms with van der Waals surface area (Å²) in [7, 11) is 1.20. The van der Waals surface area contributed by atoms with Gasteiger partial charge in [-0.15, -0.1) is 0 Å². The van der Waals surface area contributed by atoms with Crippen LogP contribution in [0.5, 0.6) is 0 Å². The Balaban J connectivity index is 2.62. The van der Waals surface area contributed by atoms with Crippen molar-refractivity contribution in [3.05, 3.63) is 29.7 Å². The van der Waals surface area contributed by atoms with E-state index in [1.165, 1.54) is 13.2 Å². The van der Waals surface area contributed by atoms with Gasteiger partial charge >= 0.3 is 0 Å². The van der Waals surface area contributed by atoms with E-state index < -0.39 is 8.32 Å². The van der Waals surface area contributed by atoms with Gasteiger partial charge in [0, 0.05) is 13.1 Å². The van der Waals surface area contributed by atoms with Gasteiger partial charge in [0.15, 0.2) is 8.32 Å². The second-order valence-corrected chi connectivity index (χ2v) is 11.5. The van der Waals surface area contributed by atoms with Gasteiger partial charge in [0.05, 0.1) is 13.7 Å². The minimum absolute atomic E-state index is 0.166. The molecule has 0 aromatic carbocycles. The molecule has 0 atom stereocenters. The third-order valence-electron chi connectivity index (χ3n) is 4.04. The zero-order valence-corrected chi connectivity index (χ0v) is 15.6. The van der Waals surface area contributed by atoms with Crippen LogP contribution >= 0.6 is 0 Å². The lowest BCUT2D eigenvalue weighted by molar-refractivity contribution is -0.162. The third-order valence-corrected chi connectivity index (χ3v) is 8.52. The van der Waals surface area contributed by atoms with E-state index in [4.69, 9.17) is 13.7 Å². The van der Waals surface area contributed by atoms with E-state index in [1.54, 1.807) is 13.1 Å². The lowest BCUT2D eigenvalue weighted by atomic mass is 10.2. The molecule has 1 aromatic rings. The van der Waals surface area contributed by atoms with Gasteiger partial charge in [0.2, 0.25) is 0 Å².